The second kappa shape index (κ2) is 11.8. The molecule has 0 bridgehead atoms. The highest BCUT2D eigenvalue weighted by atomic mass is 35.5. The first-order valence-corrected chi connectivity index (χ1v) is 13.5. The summed E-state index contributed by atoms with van der Waals surface area (Å²) < 4.78 is 6.02. The number of nitrogens with two attached hydrogens (primary N) is 1. The van der Waals surface area contributed by atoms with Crippen molar-refractivity contribution in [3.8, 4) is 5.75 Å². The Hall–Kier alpha value is -2.28. The quantitative estimate of drug-likeness (QED) is 0.620. The summed E-state index contributed by atoms with van der Waals surface area (Å²) in [6, 6.07) is 12.8. The normalized spacial score (nSPS) is 19.6. The number of fused-ring (bicyclic) bond motifs is 1. The highest BCUT2D eigenvalue weighted by Crippen LogP contribution is 2.39. The fourth-order valence-electron chi connectivity index (χ4n) is 5.40. The molecule has 2 aromatic carbocycles. The number of rotatable bonds is 3. The van der Waals surface area contributed by atoms with Crippen molar-refractivity contribution in [3.05, 3.63) is 63.6 Å². The largest absolute Gasteiger partial charge is 0.491 e. The van der Waals surface area contributed by atoms with Crippen LogP contribution in [0, 0.1) is 5.41 Å². The van der Waals surface area contributed by atoms with Gasteiger partial charge in [-0.05, 0) is 67.9 Å². The summed E-state index contributed by atoms with van der Waals surface area (Å²) in [6.45, 7) is 2.06. The molecule has 2 aliphatic heterocycles. The van der Waals surface area contributed by atoms with Gasteiger partial charge in [-0.1, -0.05) is 53.9 Å². The first kappa shape index (κ1) is 26.8. The van der Waals surface area contributed by atoms with E-state index in [0.717, 1.165) is 37.0 Å². The Kier molecular flexibility index (Phi) is 8.81. The van der Waals surface area contributed by atoms with Crippen LogP contribution in [0.15, 0.2) is 42.5 Å². The zero-order valence-electron chi connectivity index (χ0n) is 20.8. The first-order valence-electron chi connectivity index (χ1n) is 12.7. The molecule has 2 aromatic rings. The third-order valence-corrected chi connectivity index (χ3v) is 8.34. The van der Waals surface area contributed by atoms with E-state index in [4.69, 9.17) is 33.7 Å². The molecule has 0 saturated carbocycles. The fourth-order valence-corrected chi connectivity index (χ4v) is 5.72. The third kappa shape index (κ3) is 6.16. The molecule has 0 radical (unpaired) electrons. The molecule has 194 valence electrons. The number of aryl methyl sites for hydroxylation is 1. The summed E-state index contributed by atoms with van der Waals surface area (Å²) >= 11 is 12.1. The molecule has 2 heterocycles. The van der Waals surface area contributed by atoms with Crippen molar-refractivity contribution in [2.24, 2.45) is 11.1 Å². The van der Waals surface area contributed by atoms with Crippen LogP contribution in [0.3, 0.4) is 0 Å². The highest BCUT2D eigenvalue weighted by Gasteiger charge is 2.43. The molecule has 1 fully saturated rings. The number of carbonyl (C=O) groups is 2. The molecule has 0 aliphatic carbocycles. The van der Waals surface area contributed by atoms with E-state index in [2.05, 4.69) is 6.07 Å². The molecule has 36 heavy (non-hydrogen) atoms. The number of likely N-dealkylation sites (tertiary alicyclic amines) is 1. The van der Waals surface area contributed by atoms with Crippen molar-refractivity contribution < 1.29 is 14.3 Å². The van der Waals surface area contributed by atoms with Gasteiger partial charge in [0.1, 0.15) is 12.4 Å². The van der Waals surface area contributed by atoms with E-state index >= 15 is 0 Å². The van der Waals surface area contributed by atoms with Crippen molar-refractivity contribution in [3.63, 3.8) is 0 Å². The lowest BCUT2D eigenvalue weighted by molar-refractivity contribution is -0.148. The van der Waals surface area contributed by atoms with Gasteiger partial charge in [-0.25, -0.2) is 0 Å². The Morgan fingerprint density at radius 1 is 1.06 bits per heavy atom. The first-order chi connectivity index (χ1) is 17.3. The monoisotopic (exact) mass is 531 g/mol. The number of para-hydroxylation sites is 1. The number of hydrogen-bond acceptors (Lipinski definition) is 4. The van der Waals surface area contributed by atoms with Crippen LogP contribution in [0.1, 0.15) is 43.2 Å². The Morgan fingerprint density at radius 3 is 2.56 bits per heavy atom. The van der Waals surface area contributed by atoms with Crippen LogP contribution in [0.4, 0.5) is 0 Å². The standard InChI is InChI=1S/C28H35Cl2N3O3/c1-32-16-17-36-25-8-3-2-6-21(25)7-4-5-11-28(27(32)35)12-14-33(15-13-28)26(34)24(31)19-20-9-10-22(29)23(30)18-20/h2-3,6,8-10,18,24H,4-5,7,11-17,19,31H2,1H3/t24-/m1/s1. The molecular formula is C28H35Cl2N3O3. The number of nitrogens with zero attached hydrogens (tertiary/aromatic N) is 2. The Labute approximate surface area is 223 Å². The molecule has 1 spiro atoms. The Bertz CT molecular complexity index is 1090. The summed E-state index contributed by atoms with van der Waals surface area (Å²) in [7, 11) is 1.86. The van der Waals surface area contributed by atoms with Gasteiger partial charge in [0.05, 0.1) is 28.0 Å². The maximum atomic E-state index is 13.6. The zero-order chi connectivity index (χ0) is 25.7. The van der Waals surface area contributed by atoms with Crippen LogP contribution >= 0.6 is 23.2 Å². The zero-order valence-corrected chi connectivity index (χ0v) is 22.4. The van der Waals surface area contributed by atoms with Gasteiger partial charge in [-0.3, -0.25) is 9.59 Å². The molecule has 8 heteroatoms. The highest BCUT2D eigenvalue weighted by molar-refractivity contribution is 6.42. The number of piperidine rings is 1. The van der Waals surface area contributed by atoms with Gasteiger partial charge in [-0.15, -0.1) is 0 Å². The maximum Gasteiger partial charge on any atom is 0.239 e. The average Bonchev–Trinajstić information content (AvgIpc) is 2.88. The second-order valence-corrected chi connectivity index (χ2v) is 10.9. The van der Waals surface area contributed by atoms with Crippen LogP contribution in [0.25, 0.3) is 0 Å². The molecule has 2 amide bonds. The topological polar surface area (TPSA) is 75.9 Å². The molecule has 0 aromatic heterocycles. The predicted molar refractivity (Wildman–Crippen MR) is 144 cm³/mol. The van der Waals surface area contributed by atoms with Crippen LogP contribution < -0.4 is 10.5 Å². The third-order valence-electron chi connectivity index (χ3n) is 7.60. The molecule has 2 aliphatic rings. The SMILES string of the molecule is CN1CCOc2ccccc2CCCCC2(CCN(C(=O)[C@H](N)Cc3ccc(Cl)c(Cl)c3)CC2)C1=O. The van der Waals surface area contributed by atoms with Crippen molar-refractivity contribution in [1.82, 2.24) is 9.80 Å². The molecule has 1 saturated heterocycles. The number of carbonyl (C=O) groups excluding carboxylic acids is 2. The lowest BCUT2D eigenvalue weighted by Gasteiger charge is -2.43. The van der Waals surface area contributed by atoms with E-state index in [-0.39, 0.29) is 11.8 Å². The van der Waals surface area contributed by atoms with Crippen molar-refractivity contribution >= 4 is 35.0 Å². The van der Waals surface area contributed by atoms with Gasteiger partial charge in [0.2, 0.25) is 11.8 Å². The van der Waals surface area contributed by atoms with Crippen LogP contribution in [-0.4, -0.2) is 60.9 Å². The van der Waals surface area contributed by atoms with Gasteiger partial charge in [0, 0.05) is 20.1 Å². The maximum absolute atomic E-state index is 13.6. The lowest BCUT2D eigenvalue weighted by atomic mass is 9.73. The van der Waals surface area contributed by atoms with Crippen LogP contribution in [0.5, 0.6) is 5.75 Å². The smallest absolute Gasteiger partial charge is 0.239 e. The van der Waals surface area contributed by atoms with E-state index in [1.54, 1.807) is 17.0 Å². The van der Waals surface area contributed by atoms with E-state index in [9.17, 15) is 9.59 Å². The average molecular weight is 533 g/mol. The number of hydrogen-bond donors (Lipinski definition) is 1. The van der Waals surface area contributed by atoms with Crippen molar-refractivity contribution in [2.45, 2.75) is 51.0 Å². The van der Waals surface area contributed by atoms with Gasteiger partial charge in [0.15, 0.2) is 0 Å². The number of ether oxygens (including phenoxy) is 1. The van der Waals surface area contributed by atoms with Gasteiger partial charge >= 0.3 is 0 Å². The summed E-state index contributed by atoms with van der Waals surface area (Å²) in [5.74, 6) is 0.986. The van der Waals surface area contributed by atoms with Gasteiger partial charge in [-0.2, -0.15) is 0 Å². The molecule has 2 N–H and O–H groups in total. The number of benzene rings is 2. The van der Waals surface area contributed by atoms with Crippen molar-refractivity contribution in [2.75, 3.05) is 33.3 Å². The van der Waals surface area contributed by atoms with E-state index in [1.165, 1.54) is 5.56 Å². The lowest BCUT2D eigenvalue weighted by Crippen LogP contribution is -2.54. The number of halogens is 2. The van der Waals surface area contributed by atoms with E-state index < -0.39 is 11.5 Å². The molecular weight excluding hydrogens is 497 g/mol. The van der Waals surface area contributed by atoms with Crippen molar-refractivity contribution in [1.29, 1.82) is 0 Å². The number of amides is 2. The molecule has 1 atom stereocenters. The Balaban J connectivity index is 1.39. The van der Waals surface area contributed by atoms with Crippen LogP contribution in [0.2, 0.25) is 10.0 Å². The van der Waals surface area contributed by atoms with E-state index in [1.807, 2.05) is 36.2 Å². The minimum atomic E-state index is -0.664. The summed E-state index contributed by atoms with van der Waals surface area (Å²) in [5, 5.41) is 0.928. The number of likely N-dealkylation sites (N-methyl/N-ethyl adjacent to an activating group) is 1. The summed E-state index contributed by atoms with van der Waals surface area (Å²) in [6.07, 6.45) is 5.41. The second-order valence-electron chi connectivity index (χ2n) is 10.1. The summed E-state index contributed by atoms with van der Waals surface area (Å²) in [4.78, 5) is 30.4. The minimum absolute atomic E-state index is 0.0881. The van der Waals surface area contributed by atoms with E-state index in [0.29, 0.717) is 55.5 Å². The molecule has 6 nitrogen and oxygen atoms in total. The van der Waals surface area contributed by atoms with Gasteiger partial charge in [0.25, 0.3) is 0 Å². The summed E-state index contributed by atoms with van der Waals surface area (Å²) in [5.41, 5.74) is 7.93. The minimum Gasteiger partial charge on any atom is -0.491 e. The predicted octanol–water partition coefficient (Wildman–Crippen LogP) is 4.74. The Morgan fingerprint density at radius 2 is 1.81 bits per heavy atom. The molecule has 0 unspecified atom stereocenters. The van der Waals surface area contributed by atoms with Gasteiger partial charge < -0.3 is 20.3 Å². The van der Waals surface area contributed by atoms with Crippen LogP contribution in [-0.2, 0) is 22.4 Å². The fraction of sp³-hybridized carbons (Fsp3) is 0.500. The molecule has 4 rings (SSSR count).